The zero-order chi connectivity index (χ0) is 17.6. The van der Waals surface area contributed by atoms with Gasteiger partial charge in [-0.3, -0.25) is 4.79 Å². The summed E-state index contributed by atoms with van der Waals surface area (Å²) in [6, 6.07) is 10.7. The van der Waals surface area contributed by atoms with Gasteiger partial charge in [0.2, 0.25) is 0 Å². The van der Waals surface area contributed by atoms with Crippen LogP contribution in [-0.4, -0.2) is 33.0 Å². The molecule has 0 aliphatic heterocycles. The first-order chi connectivity index (χ1) is 12.0. The Bertz CT molecular complexity index is 807. The highest BCUT2D eigenvalue weighted by Crippen LogP contribution is 2.45. The fourth-order valence-electron chi connectivity index (χ4n) is 3.94. The summed E-state index contributed by atoms with van der Waals surface area (Å²) >= 11 is 0. The summed E-state index contributed by atoms with van der Waals surface area (Å²) < 4.78 is 0. The van der Waals surface area contributed by atoms with Gasteiger partial charge in [0.15, 0.2) is 5.69 Å². The number of carbonyl (C=O) groups is 1. The zero-order valence-electron chi connectivity index (χ0n) is 14.8. The Morgan fingerprint density at radius 2 is 1.88 bits per heavy atom. The smallest absolute Gasteiger partial charge is 0.276 e. The van der Waals surface area contributed by atoms with E-state index in [0.29, 0.717) is 12.0 Å². The van der Waals surface area contributed by atoms with Gasteiger partial charge in [0.05, 0.1) is 0 Å². The van der Waals surface area contributed by atoms with Gasteiger partial charge < -0.3 is 10.0 Å². The molecule has 1 amide bonds. The lowest BCUT2D eigenvalue weighted by molar-refractivity contribution is 0.0507. The Hall–Kier alpha value is -2.36. The third-order valence-corrected chi connectivity index (χ3v) is 5.52. The molecule has 0 unspecified atom stereocenters. The van der Waals surface area contributed by atoms with Crippen LogP contribution in [0.5, 0.6) is 5.75 Å². The van der Waals surface area contributed by atoms with Gasteiger partial charge in [0.1, 0.15) is 5.75 Å². The minimum Gasteiger partial charge on any atom is -0.505 e. The van der Waals surface area contributed by atoms with Gasteiger partial charge in [-0.15, -0.1) is 0 Å². The fourth-order valence-corrected chi connectivity index (χ4v) is 3.94. The molecular weight excluding hydrogens is 312 g/mol. The van der Waals surface area contributed by atoms with Crippen molar-refractivity contribution in [2.24, 2.45) is 0 Å². The topological polar surface area (TPSA) is 53.4 Å². The van der Waals surface area contributed by atoms with Crippen molar-refractivity contribution in [1.82, 2.24) is 9.88 Å². The lowest BCUT2D eigenvalue weighted by Gasteiger charge is -2.44. The molecule has 1 aromatic carbocycles. The van der Waals surface area contributed by atoms with E-state index in [2.05, 4.69) is 36.2 Å². The molecule has 25 heavy (non-hydrogen) atoms. The predicted molar refractivity (Wildman–Crippen MR) is 96.8 cm³/mol. The maximum Gasteiger partial charge on any atom is 0.276 e. The van der Waals surface area contributed by atoms with Crippen molar-refractivity contribution in [2.75, 3.05) is 0 Å². The van der Waals surface area contributed by atoms with Crippen molar-refractivity contribution in [1.29, 1.82) is 0 Å². The van der Waals surface area contributed by atoms with Crippen molar-refractivity contribution in [3.8, 4) is 5.75 Å². The van der Waals surface area contributed by atoms with Crippen molar-refractivity contribution in [3.05, 3.63) is 58.9 Å². The highest BCUT2D eigenvalue weighted by atomic mass is 16.3. The minimum atomic E-state index is -0.117. The monoisotopic (exact) mass is 336 g/mol. The lowest BCUT2D eigenvalue weighted by atomic mass is 9.73. The third kappa shape index (κ3) is 3.01. The van der Waals surface area contributed by atoms with E-state index in [1.807, 2.05) is 11.8 Å². The summed E-state index contributed by atoms with van der Waals surface area (Å²) in [5.41, 5.74) is 3.78. The van der Waals surface area contributed by atoms with Crippen LogP contribution in [-0.2, 0) is 0 Å². The molecule has 0 radical (unpaired) electrons. The molecule has 2 saturated carbocycles. The van der Waals surface area contributed by atoms with Gasteiger partial charge in [0, 0.05) is 18.3 Å². The molecule has 0 spiro atoms. The van der Waals surface area contributed by atoms with Crippen molar-refractivity contribution >= 4 is 5.91 Å². The molecule has 0 bridgehead atoms. The molecule has 2 aliphatic carbocycles. The summed E-state index contributed by atoms with van der Waals surface area (Å²) in [5, 5.41) is 10.1. The standard InChI is InChI=1S/C21H24N2O2/c1-13-9-19(24)20(22-12-13)21(25)23(16-7-8-16)17-10-15(11-17)18-6-4-3-5-14(18)2/h3-6,9,12,15-17,24H,7-8,10-11H2,1-2H3. The van der Waals surface area contributed by atoms with Gasteiger partial charge in [-0.25, -0.2) is 4.98 Å². The van der Waals surface area contributed by atoms with Gasteiger partial charge in [0.25, 0.3) is 5.91 Å². The molecular formula is C21H24N2O2. The van der Waals surface area contributed by atoms with Crippen LogP contribution in [0.2, 0.25) is 0 Å². The maximum atomic E-state index is 13.0. The number of hydrogen-bond acceptors (Lipinski definition) is 3. The number of aromatic nitrogens is 1. The maximum absolute atomic E-state index is 13.0. The van der Waals surface area contributed by atoms with Crippen LogP contribution in [0.1, 0.15) is 58.8 Å². The Labute approximate surface area is 148 Å². The molecule has 0 atom stereocenters. The van der Waals surface area contributed by atoms with E-state index in [-0.39, 0.29) is 23.4 Å². The van der Waals surface area contributed by atoms with Crippen LogP contribution >= 0.6 is 0 Å². The van der Waals surface area contributed by atoms with E-state index in [1.165, 1.54) is 11.1 Å². The third-order valence-electron chi connectivity index (χ3n) is 5.52. The Morgan fingerprint density at radius 3 is 2.52 bits per heavy atom. The molecule has 4 nitrogen and oxygen atoms in total. The summed E-state index contributed by atoms with van der Waals surface area (Å²) in [7, 11) is 0. The molecule has 1 aromatic heterocycles. The number of aromatic hydroxyl groups is 1. The largest absolute Gasteiger partial charge is 0.505 e. The van der Waals surface area contributed by atoms with Crippen LogP contribution in [0.3, 0.4) is 0 Å². The number of hydrogen-bond donors (Lipinski definition) is 1. The van der Waals surface area contributed by atoms with Gasteiger partial charge in [-0.05, 0) is 68.2 Å². The minimum absolute atomic E-state index is 0.00886. The molecule has 1 N–H and O–H groups in total. The molecule has 2 fully saturated rings. The molecule has 0 saturated heterocycles. The first kappa shape index (κ1) is 16.1. The van der Waals surface area contributed by atoms with Crippen LogP contribution in [0.25, 0.3) is 0 Å². The molecule has 130 valence electrons. The van der Waals surface area contributed by atoms with E-state index in [1.54, 1.807) is 12.3 Å². The highest BCUT2D eigenvalue weighted by molar-refractivity contribution is 5.95. The Morgan fingerprint density at radius 1 is 1.16 bits per heavy atom. The van der Waals surface area contributed by atoms with Crippen LogP contribution < -0.4 is 0 Å². The SMILES string of the molecule is Cc1cnc(C(=O)N(C2CC2)C2CC(c3ccccc3C)C2)c(O)c1. The van der Waals surface area contributed by atoms with Gasteiger partial charge in [-0.1, -0.05) is 24.3 Å². The highest BCUT2D eigenvalue weighted by Gasteiger charge is 2.44. The van der Waals surface area contributed by atoms with Gasteiger partial charge >= 0.3 is 0 Å². The zero-order valence-corrected chi connectivity index (χ0v) is 14.8. The number of benzene rings is 1. The summed E-state index contributed by atoms with van der Waals surface area (Å²) in [4.78, 5) is 19.2. The fraction of sp³-hybridized carbons (Fsp3) is 0.429. The van der Waals surface area contributed by atoms with Crippen molar-refractivity contribution < 1.29 is 9.90 Å². The summed E-state index contributed by atoms with van der Waals surface area (Å²) in [5.74, 6) is 0.401. The van der Waals surface area contributed by atoms with Crippen molar-refractivity contribution in [2.45, 2.75) is 57.5 Å². The molecule has 4 heteroatoms. The normalized spacial score (nSPS) is 22.3. The second-order valence-electron chi connectivity index (χ2n) is 7.50. The molecule has 1 heterocycles. The lowest BCUT2D eigenvalue weighted by Crippen LogP contribution is -2.48. The predicted octanol–water partition coefficient (Wildman–Crippen LogP) is 3.95. The first-order valence-corrected chi connectivity index (χ1v) is 9.08. The summed E-state index contributed by atoms with van der Waals surface area (Å²) in [6.07, 6.45) is 5.77. The molecule has 2 aromatic rings. The first-order valence-electron chi connectivity index (χ1n) is 9.08. The molecule has 4 rings (SSSR count). The summed E-state index contributed by atoms with van der Waals surface area (Å²) in [6.45, 7) is 4.01. The van der Waals surface area contributed by atoms with Crippen LogP contribution in [0.15, 0.2) is 36.5 Å². The number of aryl methyl sites for hydroxylation is 2. The number of nitrogens with zero attached hydrogens (tertiary/aromatic N) is 2. The molecule has 2 aliphatic rings. The van der Waals surface area contributed by atoms with E-state index >= 15 is 0 Å². The van der Waals surface area contributed by atoms with E-state index in [4.69, 9.17) is 0 Å². The van der Waals surface area contributed by atoms with E-state index in [9.17, 15) is 9.90 Å². The number of pyridine rings is 1. The Kier molecular flexibility index (Phi) is 3.98. The average molecular weight is 336 g/mol. The van der Waals surface area contributed by atoms with Gasteiger partial charge in [-0.2, -0.15) is 0 Å². The second kappa shape index (κ2) is 6.17. The average Bonchev–Trinajstić information content (AvgIpc) is 3.35. The van der Waals surface area contributed by atoms with Crippen LogP contribution in [0, 0.1) is 13.8 Å². The number of carbonyl (C=O) groups excluding carboxylic acids is 1. The number of amides is 1. The van der Waals surface area contributed by atoms with Crippen LogP contribution in [0.4, 0.5) is 0 Å². The quantitative estimate of drug-likeness (QED) is 0.919. The Balaban J connectivity index is 1.52. The van der Waals surface area contributed by atoms with Crippen molar-refractivity contribution in [3.63, 3.8) is 0 Å². The number of rotatable bonds is 4. The second-order valence-corrected chi connectivity index (χ2v) is 7.50. The van der Waals surface area contributed by atoms with E-state index in [0.717, 1.165) is 31.2 Å². The van der Waals surface area contributed by atoms with E-state index < -0.39 is 0 Å².